The van der Waals surface area contributed by atoms with E-state index in [4.69, 9.17) is 0 Å². The second kappa shape index (κ2) is 7.66. The van der Waals surface area contributed by atoms with Gasteiger partial charge < -0.3 is 5.32 Å². The predicted octanol–water partition coefficient (Wildman–Crippen LogP) is 3.38. The van der Waals surface area contributed by atoms with E-state index in [0.29, 0.717) is 36.0 Å². The first-order valence-electron chi connectivity index (χ1n) is 8.96. The Kier molecular flexibility index (Phi) is 5.56. The van der Waals surface area contributed by atoms with E-state index in [1.54, 1.807) is 28.6 Å². The maximum atomic E-state index is 12.6. The number of nitrogens with zero attached hydrogens (tertiary/aromatic N) is 1. The van der Waals surface area contributed by atoms with Crippen LogP contribution < -0.4 is 5.32 Å². The Morgan fingerprint density at radius 3 is 2.25 bits per heavy atom. The van der Waals surface area contributed by atoms with Crippen LogP contribution in [-0.4, -0.2) is 31.7 Å². The Hall–Kier alpha value is -1.40. The van der Waals surface area contributed by atoms with E-state index < -0.39 is 10.0 Å². The number of anilines is 1. The first-order chi connectivity index (χ1) is 11.6. The number of carbonyl (C=O) groups is 1. The molecule has 1 aromatic carbocycles. The summed E-state index contributed by atoms with van der Waals surface area (Å²) in [6.45, 7) is 1.20. The molecule has 5 nitrogen and oxygen atoms in total. The smallest absolute Gasteiger partial charge is 0.243 e. The number of hydrogen-bond donors (Lipinski definition) is 1. The highest BCUT2D eigenvalue weighted by molar-refractivity contribution is 7.89. The summed E-state index contributed by atoms with van der Waals surface area (Å²) in [6, 6.07) is 6.55. The lowest BCUT2D eigenvalue weighted by Gasteiger charge is -2.25. The van der Waals surface area contributed by atoms with Gasteiger partial charge >= 0.3 is 0 Å². The number of nitrogens with one attached hydrogen (secondary N) is 1. The first kappa shape index (κ1) is 17.4. The molecule has 132 valence electrons. The Morgan fingerprint density at radius 2 is 1.62 bits per heavy atom. The number of amides is 1. The Bertz CT molecular complexity index is 658. The lowest BCUT2D eigenvalue weighted by Crippen LogP contribution is -2.35. The van der Waals surface area contributed by atoms with Crippen LogP contribution in [0.1, 0.15) is 51.4 Å². The molecule has 1 amide bonds. The third-order valence-electron chi connectivity index (χ3n) is 5.04. The summed E-state index contributed by atoms with van der Waals surface area (Å²) in [7, 11) is -3.41. The molecule has 1 N–H and O–H groups in total. The molecule has 3 rings (SSSR count). The van der Waals surface area contributed by atoms with Gasteiger partial charge in [0.25, 0.3) is 0 Å². The topological polar surface area (TPSA) is 66.5 Å². The average Bonchev–Trinajstić information content (AvgIpc) is 3.09. The van der Waals surface area contributed by atoms with Gasteiger partial charge in [-0.15, -0.1) is 0 Å². The largest absolute Gasteiger partial charge is 0.326 e. The zero-order valence-electron chi connectivity index (χ0n) is 14.0. The van der Waals surface area contributed by atoms with Crippen LogP contribution >= 0.6 is 0 Å². The molecule has 2 aliphatic rings. The molecule has 0 bridgehead atoms. The van der Waals surface area contributed by atoms with Gasteiger partial charge in [-0.3, -0.25) is 4.79 Å². The molecule has 1 saturated carbocycles. The van der Waals surface area contributed by atoms with Gasteiger partial charge in [-0.25, -0.2) is 8.42 Å². The van der Waals surface area contributed by atoms with Crippen LogP contribution in [-0.2, 0) is 14.8 Å². The van der Waals surface area contributed by atoms with Crippen LogP contribution in [0.15, 0.2) is 29.2 Å². The second-order valence-corrected chi connectivity index (χ2v) is 8.83. The summed E-state index contributed by atoms with van der Waals surface area (Å²) in [5, 5.41) is 2.88. The van der Waals surface area contributed by atoms with Crippen molar-refractivity contribution in [3.05, 3.63) is 24.3 Å². The SMILES string of the molecule is O=C(CC1CCCC1)Nc1ccc(S(=O)(=O)N2CCCCC2)cc1. The van der Waals surface area contributed by atoms with Crippen molar-refractivity contribution in [3.63, 3.8) is 0 Å². The molecule has 1 aromatic rings. The molecule has 0 atom stereocenters. The third-order valence-corrected chi connectivity index (χ3v) is 6.95. The van der Waals surface area contributed by atoms with Crippen LogP contribution in [0.2, 0.25) is 0 Å². The molecule has 1 aliphatic carbocycles. The minimum Gasteiger partial charge on any atom is -0.326 e. The third kappa shape index (κ3) is 4.16. The fourth-order valence-electron chi connectivity index (χ4n) is 3.65. The van der Waals surface area contributed by atoms with Crippen LogP contribution in [0.4, 0.5) is 5.69 Å². The quantitative estimate of drug-likeness (QED) is 0.885. The average molecular weight is 350 g/mol. The van der Waals surface area contributed by atoms with Gasteiger partial charge in [0.15, 0.2) is 0 Å². The number of piperidine rings is 1. The summed E-state index contributed by atoms with van der Waals surface area (Å²) in [5.74, 6) is 0.525. The Balaban J connectivity index is 1.61. The van der Waals surface area contributed by atoms with Crippen LogP contribution in [0.3, 0.4) is 0 Å². The standard InChI is InChI=1S/C18H26N2O3S/c21-18(14-15-6-2-3-7-15)19-16-8-10-17(11-9-16)24(22,23)20-12-4-1-5-13-20/h8-11,15H,1-7,12-14H2,(H,19,21). The summed E-state index contributed by atoms with van der Waals surface area (Å²) in [4.78, 5) is 12.4. The molecule has 2 fully saturated rings. The van der Waals surface area contributed by atoms with Crippen LogP contribution in [0.5, 0.6) is 0 Å². The predicted molar refractivity (Wildman–Crippen MR) is 94.3 cm³/mol. The van der Waals surface area contributed by atoms with E-state index >= 15 is 0 Å². The lowest BCUT2D eigenvalue weighted by molar-refractivity contribution is -0.117. The molecule has 0 unspecified atom stereocenters. The van der Waals surface area contributed by atoms with Gasteiger partial charge in [0, 0.05) is 25.2 Å². The molecule has 0 aromatic heterocycles. The zero-order chi connectivity index (χ0) is 17.0. The van der Waals surface area contributed by atoms with Crippen molar-refractivity contribution in [3.8, 4) is 0 Å². The van der Waals surface area contributed by atoms with Gasteiger partial charge in [0.05, 0.1) is 4.90 Å². The maximum absolute atomic E-state index is 12.6. The Morgan fingerprint density at radius 1 is 1.00 bits per heavy atom. The Labute approximate surface area is 144 Å². The van der Waals surface area contributed by atoms with E-state index in [-0.39, 0.29) is 5.91 Å². The van der Waals surface area contributed by atoms with E-state index in [0.717, 1.165) is 32.1 Å². The normalized spacial score (nSPS) is 20.2. The summed E-state index contributed by atoms with van der Waals surface area (Å²) in [6.07, 6.45) is 8.23. The van der Waals surface area contributed by atoms with Crippen molar-refractivity contribution < 1.29 is 13.2 Å². The number of sulfonamides is 1. The fourth-order valence-corrected chi connectivity index (χ4v) is 5.17. The van der Waals surface area contributed by atoms with Crippen molar-refractivity contribution in [1.82, 2.24) is 4.31 Å². The highest BCUT2D eigenvalue weighted by Gasteiger charge is 2.25. The van der Waals surface area contributed by atoms with E-state index in [9.17, 15) is 13.2 Å². The van der Waals surface area contributed by atoms with Crippen molar-refractivity contribution in [2.24, 2.45) is 5.92 Å². The van der Waals surface area contributed by atoms with E-state index in [2.05, 4.69) is 5.32 Å². The van der Waals surface area contributed by atoms with Gasteiger partial charge in [-0.05, 0) is 55.9 Å². The number of hydrogen-bond acceptors (Lipinski definition) is 3. The number of benzene rings is 1. The van der Waals surface area contributed by atoms with Crippen LogP contribution in [0.25, 0.3) is 0 Å². The molecule has 1 heterocycles. The second-order valence-electron chi connectivity index (χ2n) is 6.89. The van der Waals surface area contributed by atoms with Gasteiger partial charge in [-0.1, -0.05) is 19.3 Å². The maximum Gasteiger partial charge on any atom is 0.243 e. The van der Waals surface area contributed by atoms with E-state index in [1.807, 2.05) is 0 Å². The molecule has 1 saturated heterocycles. The monoisotopic (exact) mass is 350 g/mol. The summed E-state index contributed by atoms with van der Waals surface area (Å²) >= 11 is 0. The van der Waals surface area contributed by atoms with Gasteiger partial charge in [0.1, 0.15) is 0 Å². The molecule has 1 aliphatic heterocycles. The van der Waals surface area contributed by atoms with Crippen molar-refractivity contribution in [1.29, 1.82) is 0 Å². The lowest BCUT2D eigenvalue weighted by atomic mass is 10.0. The van der Waals surface area contributed by atoms with Crippen molar-refractivity contribution in [2.75, 3.05) is 18.4 Å². The zero-order valence-corrected chi connectivity index (χ0v) is 14.9. The first-order valence-corrected chi connectivity index (χ1v) is 10.4. The van der Waals surface area contributed by atoms with Crippen LogP contribution in [0, 0.1) is 5.92 Å². The number of rotatable bonds is 5. The molecule has 0 radical (unpaired) electrons. The van der Waals surface area contributed by atoms with Gasteiger partial charge in [0.2, 0.25) is 15.9 Å². The molecule has 24 heavy (non-hydrogen) atoms. The molecular formula is C18H26N2O3S. The van der Waals surface area contributed by atoms with Crippen molar-refractivity contribution in [2.45, 2.75) is 56.3 Å². The van der Waals surface area contributed by atoms with Gasteiger partial charge in [-0.2, -0.15) is 4.31 Å². The summed E-state index contributed by atoms with van der Waals surface area (Å²) < 4.78 is 26.7. The summed E-state index contributed by atoms with van der Waals surface area (Å²) in [5.41, 5.74) is 0.663. The number of carbonyl (C=O) groups excluding carboxylic acids is 1. The minimum absolute atomic E-state index is 0.0218. The molecule has 6 heteroatoms. The highest BCUT2D eigenvalue weighted by Crippen LogP contribution is 2.28. The highest BCUT2D eigenvalue weighted by atomic mass is 32.2. The van der Waals surface area contributed by atoms with E-state index in [1.165, 1.54) is 12.8 Å². The molecular weight excluding hydrogens is 324 g/mol. The molecule has 0 spiro atoms. The fraction of sp³-hybridized carbons (Fsp3) is 0.611. The minimum atomic E-state index is -3.41. The van der Waals surface area contributed by atoms with Crippen molar-refractivity contribution >= 4 is 21.6 Å².